The topological polar surface area (TPSA) is 35.2 Å². The van der Waals surface area contributed by atoms with Gasteiger partial charge >= 0.3 is 0 Å². The number of hydrogen-bond donors (Lipinski definition) is 1. The Morgan fingerprint density at radius 2 is 2.14 bits per heavy atom. The Labute approximate surface area is 86.1 Å². The smallest absolute Gasteiger partial charge is 0.122 e. The standard InChI is InChI=1S/C12H19NO/c1-9-4-6-11(7-5-10(2)13)8-12(9)14-3/h4,6,8,10H,5,7,13H2,1-3H3. The van der Waals surface area contributed by atoms with E-state index < -0.39 is 0 Å². The summed E-state index contributed by atoms with van der Waals surface area (Å²) in [6, 6.07) is 6.59. The van der Waals surface area contributed by atoms with Gasteiger partial charge in [-0.1, -0.05) is 12.1 Å². The SMILES string of the molecule is COc1cc(CCC(C)N)ccc1C. The van der Waals surface area contributed by atoms with Crippen LogP contribution < -0.4 is 10.5 Å². The van der Waals surface area contributed by atoms with Crippen LogP contribution in [0.5, 0.6) is 5.75 Å². The summed E-state index contributed by atoms with van der Waals surface area (Å²) in [5, 5.41) is 0. The van der Waals surface area contributed by atoms with Gasteiger partial charge in [0.15, 0.2) is 0 Å². The van der Waals surface area contributed by atoms with E-state index in [4.69, 9.17) is 10.5 Å². The Kier molecular flexibility index (Phi) is 3.96. The van der Waals surface area contributed by atoms with Crippen molar-refractivity contribution in [1.82, 2.24) is 0 Å². The molecule has 0 fully saturated rings. The van der Waals surface area contributed by atoms with Crippen molar-refractivity contribution in [1.29, 1.82) is 0 Å². The quantitative estimate of drug-likeness (QED) is 0.796. The molecule has 0 aliphatic heterocycles. The molecule has 0 aliphatic rings. The highest BCUT2D eigenvalue weighted by atomic mass is 16.5. The summed E-state index contributed by atoms with van der Waals surface area (Å²) in [5.74, 6) is 0.965. The van der Waals surface area contributed by atoms with Crippen LogP contribution in [0.1, 0.15) is 24.5 Å². The van der Waals surface area contributed by atoms with Crippen molar-refractivity contribution in [3.05, 3.63) is 29.3 Å². The number of benzene rings is 1. The zero-order valence-electron chi connectivity index (χ0n) is 9.21. The molecule has 78 valence electrons. The highest BCUT2D eigenvalue weighted by Crippen LogP contribution is 2.19. The summed E-state index contributed by atoms with van der Waals surface area (Å²) < 4.78 is 5.26. The average Bonchev–Trinajstić information content (AvgIpc) is 2.16. The van der Waals surface area contributed by atoms with E-state index in [-0.39, 0.29) is 6.04 Å². The molecule has 0 bridgehead atoms. The molecule has 2 nitrogen and oxygen atoms in total. The first-order valence-corrected chi connectivity index (χ1v) is 5.02. The lowest BCUT2D eigenvalue weighted by molar-refractivity contribution is 0.411. The van der Waals surface area contributed by atoms with E-state index >= 15 is 0 Å². The van der Waals surface area contributed by atoms with E-state index in [0.29, 0.717) is 0 Å². The maximum Gasteiger partial charge on any atom is 0.122 e. The molecular formula is C12H19NO. The van der Waals surface area contributed by atoms with Crippen LogP contribution >= 0.6 is 0 Å². The predicted octanol–water partition coefficient (Wildman–Crippen LogP) is 2.28. The zero-order chi connectivity index (χ0) is 10.6. The lowest BCUT2D eigenvalue weighted by Crippen LogP contribution is -2.15. The van der Waals surface area contributed by atoms with E-state index in [0.717, 1.165) is 18.6 Å². The molecule has 2 heteroatoms. The summed E-state index contributed by atoms with van der Waals surface area (Å²) in [4.78, 5) is 0. The number of hydrogen-bond acceptors (Lipinski definition) is 2. The molecule has 2 N–H and O–H groups in total. The zero-order valence-corrected chi connectivity index (χ0v) is 9.21. The maximum atomic E-state index is 5.71. The molecule has 14 heavy (non-hydrogen) atoms. The average molecular weight is 193 g/mol. The molecule has 1 unspecified atom stereocenters. The summed E-state index contributed by atoms with van der Waals surface area (Å²) in [6.07, 6.45) is 2.04. The Balaban J connectivity index is 2.69. The minimum absolute atomic E-state index is 0.266. The van der Waals surface area contributed by atoms with Crippen molar-refractivity contribution >= 4 is 0 Å². The molecule has 0 aliphatic carbocycles. The van der Waals surface area contributed by atoms with Crippen LogP contribution in [-0.4, -0.2) is 13.2 Å². The van der Waals surface area contributed by atoms with Gasteiger partial charge in [0, 0.05) is 6.04 Å². The fourth-order valence-electron chi connectivity index (χ4n) is 1.41. The Morgan fingerprint density at radius 3 is 2.71 bits per heavy atom. The number of rotatable bonds is 4. The second kappa shape index (κ2) is 5.01. The molecule has 0 radical (unpaired) electrons. The van der Waals surface area contributed by atoms with E-state index in [9.17, 15) is 0 Å². The third-order valence-corrected chi connectivity index (χ3v) is 2.36. The summed E-state index contributed by atoms with van der Waals surface area (Å²) in [6.45, 7) is 4.08. The minimum Gasteiger partial charge on any atom is -0.496 e. The van der Waals surface area contributed by atoms with Gasteiger partial charge in [-0.15, -0.1) is 0 Å². The van der Waals surface area contributed by atoms with Crippen LogP contribution in [0.2, 0.25) is 0 Å². The van der Waals surface area contributed by atoms with Gasteiger partial charge in [0.05, 0.1) is 7.11 Å². The third-order valence-electron chi connectivity index (χ3n) is 2.36. The Bertz CT molecular complexity index is 294. The summed E-state index contributed by atoms with van der Waals surface area (Å²) in [7, 11) is 1.71. The van der Waals surface area contributed by atoms with E-state index in [1.165, 1.54) is 11.1 Å². The predicted molar refractivity (Wildman–Crippen MR) is 59.7 cm³/mol. The lowest BCUT2D eigenvalue weighted by Gasteiger charge is -2.08. The van der Waals surface area contributed by atoms with Crippen molar-refractivity contribution in [3.8, 4) is 5.75 Å². The molecule has 0 saturated heterocycles. The molecule has 0 spiro atoms. The van der Waals surface area contributed by atoms with Gasteiger partial charge in [-0.2, -0.15) is 0 Å². The molecule has 1 aromatic carbocycles. The van der Waals surface area contributed by atoms with E-state index in [1.807, 2.05) is 13.8 Å². The number of aryl methyl sites for hydroxylation is 2. The molecule has 0 heterocycles. The highest BCUT2D eigenvalue weighted by Gasteiger charge is 2.01. The number of nitrogens with two attached hydrogens (primary N) is 1. The molecule has 0 saturated carbocycles. The highest BCUT2D eigenvalue weighted by molar-refractivity contribution is 5.36. The fraction of sp³-hybridized carbons (Fsp3) is 0.500. The Morgan fingerprint density at radius 1 is 1.43 bits per heavy atom. The van der Waals surface area contributed by atoms with Crippen molar-refractivity contribution in [2.24, 2.45) is 5.73 Å². The van der Waals surface area contributed by atoms with Gasteiger partial charge < -0.3 is 10.5 Å². The largest absolute Gasteiger partial charge is 0.496 e. The second-order valence-corrected chi connectivity index (χ2v) is 3.82. The number of ether oxygens (including phenoxy) is 1. The second-order valence-electron chi connectivity index (χ2n) is 3.82. The maximum absolute atomic E-state index is 5.71. The monoisotopic (exact) mass is 193 g/mol. The molecule has 1 rings (SSSR count). The van der Waals surface area contributed by atoms with Gasteiger partial charge in [-0.05, 0) is 43.9 Å². The van der Waals surface area contributed by atoms with Crippen molar-refractivity contribution < 1.29 is 4.74 Å². The van der Waals surface area contributed by atoms with Crippen LogP contribution in [0.4, 0.5) is 0 Å². The minimum atomic E-state index is 0.266. The number of methoxy groups -OCH3 is 1. The molecule has 0 aromatic heterocycles. The van der Waals surface area contributed by atoms with Gasteiger partial charge in [0.2, 0.25) is 0 Å². The Hall–Kier alpha value is -1.02. The summed E-state index contributed by atoms with van der Waals surface area (Å²) in [5.41, 5.74) is 8.18. The van der Waals surface area contributed by atoms with Crippen LogP contribution in [0, 0.1) is 6.92 Å². The van der Waals surface area contributed by atoms with Gasteiger partial charge in [0.25, 0.3) is 0 Å². The molecule has 1 atom stereocenters. The normalized spacial score (nSPS) is 12.6. The van der Waals surface area contributed by atoms with Crippen LogP contribution in [-0.2, 0) is 6.42 Å². The first-order valence-electron chi connectivity index (χ1n) is 5.02. The molecule has 0 amide bonds. The van der Waals surface area contributed by atoms with Gasteiger partial charge in [-0.25, -0.2) is 0 Å². The van der Waals surface area contributed by atoms with Crippen LogP contribution in [0.15, 0.2) is 18.2 Å². The van der Waals surface area contributed by atoms with Crippen molar-refractivity contribution in [3.63, 3.8) is 0 Å². The van der Waals surface area contributed by atoms with Crippen molar-refractivity contribution in [2.75, 3.05) is 7.11 Å². The first kappa shape index (κ1) is 11.1. The third kappa shape index (κ3) is 3.04. The summed E-state index contributed by atoms with van der Waals surface area (Å²) >= 11 is 0. The fourth-order valence-corrected chi connectivity index (χ4v) is 1.41. The van der Waals surface area contributed by atoms with E-state index in [2.05, 4.69) is 18.2 Å². The van der Waals surface area contributed by atoms with E-state index in [1.54, 1.807) is 7.11 Å². The first-order chi connectivity index (χ1) is 6.63. The van der Waals surface area contributed by atoms with Gasteiger partial charge in [0.1, 0.15) is 5.75 Å². The molecular weight excluding hydrogens is 174 g/mol. The molecule has 1 aromatic rings. The van der Waals surface area contributed by atoms with Crippen molar-refractivity contribution in [2.45, 2.75) is 32.7 Å². The van der Waals surface area contributed by atoms with Gasteiger partial charge in [-0.3, -0.25) is 0 Å². The van der Waals surface area contributed by atoms with Crippen LogP contribution in [0.25, 0.3) is 0 Å². The van der Waals surface area contributed by atoms with Crippen LogP contribution in [0.3, 0.4) is 0 Å². The lowest BCUT2D eigenvalue weighted by atomic mass is 10.0.